The van der Waals surface area contributed by atoms with Crippen molar-refractivity contribution in [3.8, 4) is 45.0 Å². The lowest BCUT2D eigenvalue weighted by Gasteiger charge is -2.22. The summed E-state index contributed by atoms with van der Waals surface area (Å²) >= 11 is 0. The summed E-state index contributed by atoms with van der Waals surface area (Å²) in [6.45, 7) is 9.47. The summed E-state index contributed by atoms with van der Waals surface area (Å²) in [5, 5.41) is 5.15. The Bertz CT molecular complexity index is 3300. The summed E-state index contributed by atoms with van der Waals surface area (Å²) in [6.07, 6.45) is 3.94. The van der Waals surface area contributed by atoms with Crippen LogP contribution in [0.15, 0.2) is 158 Å². The third kappa shape index (κ3) is 3.98. The van der Waals surface area contributed by atoms with Crippen LogP contribution in [-0.4, -0.2) is 19.1 Å². The van der Waals surface area contributed by atoms with E-state index in [1.54, 1.807) is 0 Å². The lowest BCUT2D eigenvalue weighted by molar-refractivity contribution is 0.666. The molecule has 4 aromatic heterocycles. The van der Waals surface area contributed by atoms with Crippen molar-refractivity contribution in [2.24, 2.45) is 0 Å². The molecule has 56 heavy (non-hydrogen) atoms. The molecule has 0 amide bonds. The van der Waals surface area contributed by atoms with Crippen molar-refractivity contribution in [3.05, 3.63) is 180 Å². The molecular weight excluding hydrogens is 681 g/mol. The number of pyridine rings is 2. The molecule has 0 atom stereocenters. The van der Waals surface area contributed by atoms with Crippen LogP contribution in [0.25, 0.3) is 88.6 Å². The van der Waals surface area contributed by atoms with Gasteiger partial charge in [-0.15, -0.1) is 0 Å². The first-order valence-corrected chi connectivity index (χ1v) is 19.6. The Morgan fingerprint density at radius 3 is 1.57 bits per heavy atom. The molecule has 0 spiro atoms. The predicted molar refractivity (Wildman–Crippen MR) is 231 cm³/mol. The zero-order valence-corrected chi connectivity index (χ0v) is 31.8. The first kappa shape index (κ1) is 31.6. The van der Waals surface area contributed by atoms with E-state index in [1.165, 1.54) is 82.6 Å². The van der Waals surface area contributed by atoms with Crippen LogP contribution in [0.4, 0.5) is 0 Å². The molecule has 4 nitrogen and oxygen atoms in total. The summed E-state index contributed by atoms with van der Waals surface area (Å²) in [5.41, 5.74) is 18.4. The quantitative estimate of drug-likeness (QED) is 0.182. The van der Waals surface area contributed by atoms with Gasteiger partial charge in [0.25, 0.3) is 0 Å². The minimum absolute atomic E-state index is 0.112. The van der Waals surface area contributed by atoms with Crippen LogP contribution < -0.4 is 0 Å². The molecule has 0 unspecified atom stereocenters. The van der Waals surface area contributed by atoms with Gasteiger partial charge in [0.2, 0.25) is 0 Å². The monoisotopic (exact) mass is 718 g/mol. The second-order valence-electron chi connectivity index (χ2n) is 16.6. The van der Waals surface area contributed by atoms with E-state index in [4.69, 9.17) is 9.97 Å². The van der Waals surface area contributed by atoms with Crippen LogP contribution in [-0.2, 0) is 10.8 Å². The molecule has 0 saturated heterocycles. The van der Waals surface area contributed by atoms with Gasteiger partial charge in [0.05, 0.1) is 39.6 Å². The second-order valence-corrected chi connectivity index (χ2v) is 16.6. The van der Waals surface area contributed by atoms with Crippen LogP contribution >= 0.6 is 0 Å². The SMILES string of the molecule is CC1(C)c2ccccc2-c2ccc3c(c21)c1ccccc1n3-c1ccc(-c2ccnc(-n3c4ccccc4c4c5c(ccc43)-c3ccccc3C5(C)C)c2)nc1. The average Bonchev–Trinajstić information content (AvgIpc) is 3.90. The molecule has 0 radical (unpaired) electrons. The highest BCUT2D eigenvalue weighted by Gasteiger charge is 2.39. The number of para-hydroxylation sites is 2. The van der Waals surface area contributed by atoms with Crippen molar-refractivity contribution in [2.45, 2.75) is 38.5 Å². The smallest absolute Gasteiger partial charge is 0.138 e. The molecule has 2 aliphatic carbocycles. The molecule has 12 rings (SSSR count). The van der Waals surface area contributed by atoms with Gasteiger partial charge in [0, 0.05) is 44.1 Å². The van der Waals surface area contributed by atoms with Crippen LogP contribution in [0.2, 0.25) is 0 Å². The van der Waals surface area contributed by atoms with Gasteiger partial charge in [0.1, 0.15) is 5.82 Å². The first-order valence-electron chi connectivity index (χ1n) is 19.6. The molecule has 0 saturated carbocycles. The van der Waals surface area contributed by atoms with Crippen molar-refractivity contribution in [3.63, 3.8) is 0 Å². The summed E-state index contributed by atoms with van der Waals surface area (Å²) < 4.78 is 4.72. The summed E-state index contributed by atoms with van der Waals surface area (Å²) in [6, 6.07) is 53.2. The Labute approximate surface area is 325 Å². The Hall–Kier alpha value is -6.78. The highest BCUT2D eigenvalue weighted by atomic mass is 15.1. The second kappa shape index (κ2) is 10.9. The van der Waals surface area contributed by atoms with E-state index in [2.05, 4.69) is 182 Å². The van der Waals surface area contributed by atoms with E-state index in [1.807, 2.05) is 12.4 Å². The zero-order valence-electron chi connectivity index (χ0n) is 31.8. The number of nitrogens with zero attached hydrogens (tertiary/aromatic N) is 4. The van der Waals surface area contributed by atoms with Crippen LogP contribution in [0.3, 0.4) is 0 Å². The summed E-state index contributed by atoms with van der Waals surface area (Å²) in [7, 11) is 0. The van der Waals surface area contributed by atoms with Gasteiger partial charge in [-0.25, -0.2) is 4.98 Å². The lowest BCUT2D eigenvalue weighted by atomic mass is 9.80. The van der Waals surface area contributed by atoms with Crippen LogP contribution in [0.5, 0.6) is 0 Å². The Kier molecular flexibility index (Phi) is 6.15. The Balaban J connectivity index is 0.990. The number of benzene rings is 6. The molecule has 4 heteroatoms. The third-order valence-electron chi connectivity index (χ3n) is 13.0. The molecule has 0 fully saturated rings. The summed E-state index contributed by atoms with van der Waals surface area (Å²) in [5.74, 6) is 0.882. The molecule has 2 aliphatic rings. The van der Waals surface area contributed by atoms with Gasteiger partial charge < -0.3 is 4.57 Å². The average molecular weight is 719 g/mol. The van der Waals surface area contributed by atoms with Gasteiger partial charge in [0.15, 0.2) is 0 Å². The number of rotatable bonds is 3. The molecule has 266 valence electrons. The molecular formula is C52H38N4. The number of aromatic nitrogens is 4. The number of hydrogen-bond acceptors (Lipinski definition) is 2. The fourth-order valence-corrected chi connectivity index (χ4v) is 10.6. The van der Waals surface area contributed by atoms with Crippen LogP contribution in [0, 0.1) is 0 Å². The van der Waals surface area contributed by atoms with E-state index in [-0.39, 0.29) is 10.8 Å². The maximum Gasteiger partial charge on any atom is 0.138 e. The van der Waals surface area contributed by atoms with E-state index in [9.17, 15) is 0 Å². The molecule has 4 heterocycles. The highest BCUT2D eigenvalue weighted by molar-refractivity contribution is 6.15. The fourth-order valence-electron chi connectivity index (χ4n) is 10.6. The van der Waals surface area contributed by atoms with Crippen molar-refractivity contribution in [2.75, 3.05) is 0 Å². The number of hydrogen-bond donors (Lipinski definition) is 0. The van der Waals surface area contributed by atoms with Gasteiger partial charge in [-0.2, -0.15) is 0 Å². The predicted octanol–water partition coefficient (Wildman–Crippen LogP) is 13.0. The zero-order chi connectivity index (χ0) is 37.5. The van der Waals surface area contributed by atoms with Gasteiger partial charge in [-0.3, -0.25) is 9.55 Å². The van der Waals surface area contributed by atoms with E-state index >= 15 is 0 Å². The lowest BCUT2D eigenvalue weighted by Crippen LogP contribution is -2.15. The topological polar surface area (TPSA) is 35.6 Å². The minimum Gasteiger partial charge on any atom is -0.308 e. The Morgan fingerprint density at radius 1 is 0.446 bits per heavy atom. The van der Waals surface area contributed by atoms with Crippen molar-refractivity contribution in [1.82, 2.24) is 19.1 Å². The fraction of sp³-hybridized carbons (Fsp3) is 0.115. The molecule has 10 aromatic rings. The van der Waals surface area contributed by atoms with E-state index in [0.717, 1.165) is 28.3 Å². The largest absolute Gasteiger partial charge is 0.308 e. The maximum absolute atomic E-state index is 5.13. The minimum atomic E-state index is -0.126. The normalized spacial score (nSPS) is 14.7. The maximum atomic E-state index is 5.13. The molecule has 0 N–H and O–H groups in total. The van der Waals surface area contributed by atoms with Gasteiger partial charge >= 0.3 is 0 Å². The summed E-state index contributed by atoms with van der Waals surface area (Å²) in [4.78, 5) is 10.1. The van der Waals surface area contributed by atoms with Crippen molar-refractivity contribution < 1.29 is 0 Å². The van der Waals surface area contributed by atoms with Crippen LogP contribution in [0.1, 0.15) is 49.9 Å². The van der Waals surface area contributed by atoms with Gasteiger partial charge in [-0.1, -0.05) is 125 Å². The highest BCUT2D eigenvalue weighted by Crippen LogP contribution is 2.54. The first-order chi connectivity index (χ1) is 27.3. The van der Waals surface area contributed by atoms with Gasteiger partial charge in [-0.05, 0) is 93.0 Å². The molecule has 0 bridgehead atoms. The number of fused-ring (bicyclic) bond motifs is 14. The standard InChI is InChI=1S/C52H38N4/c1-51(2)39-17-9-5-13-33(39)35-22-25-44-47(49(35)51)37-15-7-11-19-42(37)55(44)32-21-24-41(54-30-32)31-27-28-53-46(29-31)56-43-20-12-8-16-38(43)48-45(56)26-23-36-34-14-6-10-18-40(34)52(3,4)50(36)48/h5-30H,1-4H3. The molecule has 6 aromatic carbocycles. The van der Waals surface area contributed by atoms with E-state index < -0.39 is 0 Å². The van der Waals surface area contributed by atoms with Crippen molar-refractivity contribution in [1.29, 1.82) is 0 Å². The van der Waals surface area contributed by atoms with Crippen molar-refractivity contribution >= 4 is 43.6 Å². The third-order valence-corrected chi connectivity index (χ3v) is 13.0. The molecule has 0 aliphatic heterocycles. The Morgan fingerprint density at radius 2 is 0.982 bits per heavy atom. The van der Waals surface area contributed by atoms with E-state index in [0.29, 0.717) is 0 Å².